The van der Waals surface area contributed by atoms with Gasteiger partial charge in [0.2, 0.25) is 0 Å². The van der Waals surface area contributed by atoms with Gasteiger partial charge in [0.05, 0.1) is 25.9 Å². The highest BCUT2D eigenvalue weighted by atomic mass is 32.2. The van der Waals surface area contributed by atoms with Crippen molar-refractivity contribution in [3.8, 4) is 11.5 Å². The molecule has 2 heterocycles. The summed E-state index contributed by atoms with van der Waals surface area (Å²) in [7, 11) is 5.04. The lowest BCUT2D eigenvalue weighted by Gasteiger charge is -2.11. The van der Waals surface area contributed by atoms with Gasteiger partial charge in [-0.15, -0.1) is 10.2 Å². The Hall–Kier alpha value is -2.26. The highest BCUT2D eigenvalue weighted by Crippen LogP contribution is 2.24. The number of carbonyl (C=O) groups excluding carboxylic acids is 1. The maximum absolute atomic E-state index is 12.5. The van der Waals surface area contributed by atoms with Crippen molar-refractivity contribution in [2.75, 3.05) is 33.1 Å². The third-order valence-corrected chi connectivity index (χ3v) is 5.78. The summed E-state index contributed by atoms with van der Waals surface area (Å²) >= 11 is 1.66. The van der Waals surface area contributed by atoms with Crippen LogP contribution < -0.4 is 14.8 Å². The molecule has 1 aromatic carbocycles. The van der Waals surface area contributed by atoms with Gasteiger partial charge in [-0.25, -0.2) is 0 Å². The Labute approximate surface area is 168 Å². The van der Waals surface area contributed by atoms with Crippen LogP contribution >= 0.6 is 11.8 Å². The molecule has 0 spiro atoms. The Morgan fingerprint density at radius 2 is 2.21 bits per heavy atom. The van der Waals surface area contributed by atoms with Crippen molar-refractivity contribution in [2.45, 2.75) is 30.5 Å². The van der Waals surface area contributed by atoms with Gasteiger partial charge in [0.15, 0.2) is 5.16 Å². The van der Waals surface area contributed by atoms with Crippen LogP contribution in [0, 0.1) is 0 Å². The zero-order chi connectivity index (χ0) is 19.9. The molecule has 0 saturated carbocycles. The third-order valence-electron chi connectivity index (χ3n) is 4.63. The predicted octanol–water partition coefficient (Wildman–Crippen LogP) is 2.08. The SMILES string of the molecule is COc1ccc(OC)c(C(=O)NCCc2nnc(SCC3CCCO3)n2C)c1. The molecule has 1 aromatic heterocycles. The lowest BCUT2D eigenvalue weighted by molar-refractivity contribution is 0.0950. The molecule has 1 fully saturated rings. The quantitative estimate of drug-likeness (QED) is 0.638. The second kappa shape index (κ2) is 9.79. The molecule has 0 aliphatic carbocycles. The van der Waals surface area contributed by atoms with E-state index in [0.717, 1.165) is 36.2 Å². The monoisotopic (exact) mass is 406 g/mol. The molecule has 152 valence electrons. The lowest BCUT2D eigenvalue weighted by atomic mass is 10.1. The summed E-state index contributed by atoms with van der Waals surface area (Å²) in [6, 6.07) is 5.13. The van der Waals surface area contributed by atoms with Crippen LogP contribution in [-0.2, 0) is 18.2 Å². The van der Waals surface area contributed by atoms with Gasteiger partial charge in [-0.1, -0.05) is 11.8 Å². The molecule has 1 aliphatic heterocycles. The van der Waals surface area contributed by atoms with E-state index in [1.807, 2.05) is 11.6 Å². The number of nitrogens with one attached hydrogen (secondary N) is 1. The number of thioether (sulfide) groups is 1. The van der Waals surface area contributed by atoms with Crippen LogP contribution in [0.2, 0.25) is 0 Å². The second-order valence-corrected chi connectivity index (χ2v) is 7.46. The Kier molecular flexibility index (Phi) is 7.16. The Morgan fingerprint density at radius 1 is 1.36 bits per heavy atom. The molecule has 1 amide bonds. The third kappa shape index (κ3) is 4.96. The van der Waals surface area contributed by atoms with E-state index in [1.165, 1.54) is 7.11 Å². The van der Waals surface area contributed by atoms with Crippen molar-refractivity contribution >= 4 is 17.7 Å². The van der Waals surface area contributed by atoms with Gasteiger partial charge in [0.25, 0.3) is 5.91 Å². The van der Waals surface area contributed by atoms with Gasteiger partial charge < -0.3 is 24.1 Å². The summed E-state index contributed by atoms with van der Waals surface area (Å²) in [4.78, 5) is 12.5. The molecule has 1 unspecified atom stereocenters. The Balaban J connectivity index is 1.53. The van der Waals surface area contributed by atoms with E-state index in [-0.39, 0.29) is 5.91 Å². The summed E-state index contributed by atoms with van der Waals surface area (Å²) in [5.41, 5.74) is 0.438. The predicted molar refractivity (Wildman–Crippen MR) is 106 cm³/mol. The first-order chi connectivity index (χ1) is 13.6. The number of hydrogen-bond acceptors (Lipinski definition) is 7. The van der Waals surface area contributed by atoms with Crippen LogP contribution in [-0.4, -0.2) is 59.9 Å². The summed E-state index contributed by atoms with van der Waals surface area (Å²) < 4.78 is 18.1. The van der Waals surface area contributed by atoms with Gasteiger partial charge in [-0.05, 0) is 31.0 Å². The van der Waals surface area contributed by atoms with Crippen LogP contribution in [0.25, 0.3) is 0 Å². The fraction of sp³-hybridized carbons (Fsp3) is 0.526. The number of aromatic nitrogens is 3. The zero-order valence-electron chi connectivity index (χ0n) is 16.4. The van der Waals surface area contributed by atoms with E-state index in [4.69, 9.17) is 14.2 Å². The number of amides is 1. The van der Waals surface area contributed by atoms with Crippen LogP contribution in [0.3, 0.4) is 0 Å². The second-order valence-electron chi connectivity index (χ2n) is 6.48. The summed E-state index contributed by atoms with van der Waals surface area (Å²) in [5.74, 6) is 2.61. The van der Waals surface area contributed by atoms with E-state index in [1.54, 1.807) is 37.1 Å². The molecule has 1 saturated heterocycles. The minimum absolute atomic E-state index is 0.217. The smallest absolute Gasteiger partial charge is 0.255 e. The minimum atomic E-state index is -0.217. The first-order valence-electron chi connectivity index (χ1n) is 9.25. The van der Waals surface area contributed by atoms with Gasteiger partial charge in [-0.3, -0.25) is 4.79 Å². The molecule has 0 bridgehead atoms. The fourth-order valence-electron chi connectivity index (χ4n) is 3.01. The van der Waals surface area contributed by atoms with Crippen molar-refractivity contribution in [1.82, 2.24) is 20.1 Å². The van der Waals surface area contributed by atoms with Gasteiger partial charge in [0, 0.05) is 32.4 Å². The minimum Gasteiger partial charge on any atom is -0.497 e. The number of ether oxygens (including phenoxy) is 3. The first-order valence-corrected chi connectivity index (χ1v) is 10.2. The van der Waals surface area contributed by atoms with Crippen LogP contribution in [0.15, 0.2) is 23.4 Å². The van der Waals surface area contributed by atoms with Crippen molar-refractivity contribution in [2.24, 2.45) is 7.05 Å². The Morgan fingerprint density at radius 3 is 2.93 bits per heavy atom. The summed E-state index contributed by atoms with van der Waals surface area (Å²) in [5, 5.41) is 12.3. The van der Waals surface area contributed by atoms with Crippen LogP contribution in [0.5, 0.6) is 11.5 Å². The average molecular weight is 407 g/mol. The molecule has 1 aliphatic rings. The number of carbonyl (C=O) groups is 1. The molecule has 28 heavy (non-hydrogen) atoms. The maximum Gasteiger partial charge on any atom is 0.255 e. The van der Waals surface area contributed by atoms with E-state index in [9.17, 15) is 4.79 Å². The Bertz CT molecular complexity index is 805. The number of nitrogens with zero attached hydrogens (tertiary/aromatic N) is 3. The highest BCUT2D eigenvalue weighted by molar-refractivity contribution is 7.99. The summed E-state index contributed by atoms with van der Waals surface area (Å²) in [6.07, 6.45) is 3.13. The van der Waals surface area contributed by atoms with Crippen molar-refractivity contribution < 1.29 is 19.0 Å². The van der Waals surface area contributed by atoms with E-state index >= 15 is 0 Å². The van der Waals surface area contributed by atoms with Crippen LogP contribution in [0.1, 0.15) is 29.0 Å². The maximum atomic E-state index is 12.5. The molecule has 2 aromatic rings. The average Bonchev–Trinajstić information content (AvgIpc) is 3.36. The van der Waals surface area contributed by atoms with Gasteiger partial charge in [0.1, 0.15) is 17.3 Å². The number of benzene rings is 1. The van der Waals surface area contributed by atoms with Crippen molar-refractivity contribution in [1.29, 1.82) is 0 Å². The summed E-state index contributed by atoms with van der Waals surface area (Å²) in [6.45, 7) is 1.30. The molecule has 9 heteroatoms. The lowest BCUT2D eigenvalue weighted by Crippen LogP contribution is -2.26. The van der Waals surface area contributed by atoms with E-state index in [2.05, 4.69) is 15.5 Å². The molecule has 3 rings (SSSR count). The topological polar surface area (TPSA) is 87.5 Å². The van der Waals surface area contributed by atoms with Crippen LogP contribution in [0.4, 0.5) is 0 Å². The molecule has 1 N–H and O–H groups in total. The largest absolute Gasteiger partial charge is 0.497 e. The molecule has 8 nitrogen and oxygen atoms in total. The number of methoxy groups -OCH3 is 2. The van der Waals surface area contributed by atoms with E-state index < -0.39 is 0 Å². The van der Waals surface area contributed by atoms with Crippen molar-refractivity contribution in [3.05, 3.63) is 29.6 Å². The van der Waals surface area contributed by atoms with E-state index in [0.29, 0.717) is 36.1 Å². The molecule has 1 atom stereocenters. The van der Waals surface area contributed by atoms with Gasteiger partial charge >= 0.3 is 0 Å². The first kappa shape index (κ1) is 20.5. The number of rotatable bonds is 9. The van der Waals surface area contributed by atoms with Gasteiger partial charge in [-0.2, -0.15) is 0 Å². The van der Waals surface area contributed by atoms with Crippen molar-refractivity contribution in [3.63, 3.8) is 0 Å². The molecular weight excluding hydrogens is 380 g/mol. The normalized spacial score (nSPS) is 16.2. The standard InChI is InChI=1S/C19H26N4O4S/c1-23-17(21-22-19(23)28-12-14-5-4-10-27-14)8-9-20-18(24)15-11-13(25-2)6-7-16(15)26-3/h6-7,11,14H,4-5,8-10,12H2,1-3H3,(H,20,24). The number of hydrogen-bond donors (Lipinski definition) is 1. The molecule has 0 radical (unpaired) electrons. The highest BCUT2D eigenvalue weighted by Gasteiger charge is 2.18. The molecular formula is C19H26N4O4S. The fourth-order valence-corrected chi connectivity index (χ4v) is 4.00. The zero-order valence-corrected chi connectivity index (χ0v) is 17.3.